The molecular formula is C12H18O. The Balaban J connectivity index is 3.06. The zero-order valence-corrected chi connectivity index (χ0v) is 8.89. The Morgan fingerprint density at radius 1 is 1.23 bits per heavy atom. The van der Waals surface area contributed by atoms with Crippen LogP contribution < -0.4 is 0 Å². The van der Waals surface area contributed by atoms with Gasteiger partial charge in [0.1, 0.15) is 5.75 Å². The van der Waals surface area contributed by atoms with Crippen LogP contribution >= 0.6 is 0 Å². The van der Waals surface area contributed by atoms with E-state index in [0.717, 1.165) is 17.5 Å². The van der Waals surface area contributed by atoms with E-state index in [-0.39, 0.29) is 0 Å². The molecule has 1 aromatic carbocycles. The molecule has 0 bridgehead atoms. The first-order valence-electron chi connectivity index (χ1n) is 4.79. The van der Waals surface area contributed by atoms with E-state index in [1.54, 1.807) is 0 Å². The lowest BCUT2D eigenvalue weighted by Gasteiger charge is -2.11. The van der Waals surface area contributed by atoms with Crippen LogP contribution in [0.5, 0.6) is 5.75 Å². The van der Waals surface area contributed by atoms with Gasteiger partial charge in [-0.05, 0) is 48.9 Å². The number of benzene rings is 1. The zero-order valence-electron chi connectivity index (χ0n) is 8.89. The van der Waals surface area contributed by atoms with E-state index in [0.29, 0.717) is 11.7 Å². The minimum Gasteiger partial charge on any atom is -0.508 e. The highest BCUT2D eigenvalue weighted by Gasteiger charge is 2.07. The maximum Gasteiger partial charge on any atom is 0.119 e. The Morgan fingerprint density at radius 3 is 2.31 bits per heavy atom. The standard InChI is InChI=1S/C12H18O/c1-8(2)5-11-10(4)6-9(3)7-12(11)13/h6-8,13H,5H2,1-4H3. The van der Waals surface area contributed by atoms with Gasteiger partial charge in [-0.2, -0.15) is 0 Å². The van der Waals surface area contributed by atoms with Gasteiger partial charge in [0.25, 0.3) is 0 Å². The van der Waals surface area contributed by atoms with Crippen LogP contribution in [0.15, 0.2) is 12.1 Å². The van der Waals surface area contributed by atoms with Crippen LogP contribution in [0.2, 0.25) is 0 Å². The van der Waals surface area contributed by atoms with Gasteiger partial charge in [-0.15, -0.1) is 0 Å². The Kier molecular flexibility index (Phi) is 2.97. The van der Waals surface area contributed by atoms with Crippen molar-refractivity contribution in [3.63, 3.8) is 0 Å². The molecule has 1 rings (SSSR count). The number of hydrogen-bond donors (Lipinski definition) is 1. The predicted molar refractivity (Wildman–Crippen MR) is 56.1 cm³/mol. The molecule has 1 aromatic rings. The third-order valence-corrected chi connectivity index (χ3v) is 2.21. The molecule has 0 unspecified atom stereocenters. The summed E-state index contributed by atoms with van der Waals surface area (Å²) >= 11 is 0. The molecule has 0 radical (unpaired) electrons. The molecule has 72 valence electrons. The van der Waals surface area contributed by atoms with E-state index in [1.165, 1.54) is 5.56 Å². The highest BCUT2D eigenvalue weighted by Crippen LogP contribution is 2.25. The van der Waals surface area contributed by atoms with Crippen molar-refractivity contribution in [1.82, 2.24) is 0 Å². The Morgan fingerprint density at radius 2 is 1.85 bits per heavy atom. The smallest absolute Gasteiger partial charge is 0.119 e. The van der Waals surface area contributed by atoms with Gasteiger partial charge in [0.2, 0.25) is 0 Å². The fourth-order valence-electron chi connectivity index (χ4n) is 1.65. The molecule has 0 atom stereocenters. The normalized spacial score (nSPS) is 10.8. The van der Waals surface area contributed by atoms with Gasteiger partial charge in [0.05, 0.1) is 0 Å². The van der Waals surface area contributed by atoms with Crippen LogP contribution in [0.3, 0.4) is 0 Å². The first kappa shape index (κ1) is 10.1. The van der Waals surface area contributed by atoms with Crippen LogP contribution in [0.25, 0.3) is 0 Å². The second-order valence-corrected chi connectivity index (χ2v) is 4.18. The highest BCUT2D eigenvalue weighted by atomic mass is 16.3. The average molecular weight is 178 g/mol. The van der Waals surface area contributed by atoms with Gasteiger partial charge >= 0.3 is 0 Å². The van der Waals surface area contributed by atoms with E-state index in [4.69, 9.17) is 0 Å². The number of hydrogen-bond acceptors (Lipinski definition) is 1. The summed E-state index contributed by atoms with van der Waals surface area (Å²) in [5.74, 6) is 1.04. The Hall–Kier alpha value is -0.980. The van der Waals surface area contributed by atoms with E-state index in [1.807, 2.05) is 13.0 Å². The Bertz CT molecular complexity index is 277. The summed E-state index contributed by atoms with van der Waals surface area (Å²) in [5.41, 5.74) is 3.43. The molecule has 13 heavy (non-hydrogen) atoms. The van der Waals surface area contributed by atoms with Crippen molar-refractivity contribution in [1.29, 1.82) is 0 Å². The van der Waals surface area contributed by atoms with Crippen LogP contribution in [0, 0.1) is 19.8 Å². The van der Waals surface area contributed by atoms with E-state index >= 15 is 0 Å². The fourth-order valence-corrected chi connectivity index (χ4v) is 1.65. The molecule has 0 saturated heterocycles. The maximum absolute atomic E-state index is 9.72. The fraction of sp³-hybridized carbons (Fsp3) is 0.500. The van der Waals surface area contributed by atoms with Crippen molar-refractivity contribution >= 4 is 0 Å². The van der Waals surface area contributed by atoms with Crippen molar-refractivity contribution in [2.75, 3.05) is 0 Å². The SMILES string of the molecule is Cc1cc(C)c(CC(C)C)c(O)c1. The average Bonchev–Trinajstić information content (AvgIpc) is 1.96. The van der Waals surface area contributed by atoms with Crippen LogP contribution in [-0.2, 0) is 6.42 Å². The lowest BCUT2D eigenvalue weighted by Crippen LogP contribution is -1.97. The van der Waals surface area contributed by atoms with Crippen molar-refractivity contribution in [2.24, 2.45) is 5.92 Å². The van der Waals surface area contributed by atoms with Crippen LogP contribution in [0.1, 0.15) is 30.5 Å². The molecule has 0 aliphatic heterocycles. The zero-order chi connectivity index (χ0) is 10.0. The number of rotatable bonds is 2. The van der Waals surface area contributed by atoms with Gasteiger partial charge in [-0.25, -0.2) is 0 Å². The summed E-state index contributed by atoms with van der Waals surface area (Å²) in [6.45, 7) is 8.40. The van der Waals surface area contributed by atoms with Crippen LogP contribution in [0.4, 0.5) is 0 Å². The molecule has 1 N–H and O–H groups in total. The minimum atomic E-state index is 0.450. The number of aryl methyl sites for hydroxylation is 2. The highest BCUT2D eigenvalue weighted by molar-refractivity contribution is 5.42. The summed E-state index contributed by atoms with van der Waals surface area (Å²) in [7, 11) is 0. The number of phenols is 1. The first-order chi connectivity index (χ1) is 6.00. The molecule has 0 heterocycles. The predicted octanol–water partition coefficient (Wildman–Crippen LogP) is 3.21. The van der Waals surface area contributed by atoms with Gasteiger partial charge in [-0.3, -0.25) is 0 Å². The number of phenolic OH excluding ortho intramolecular Hbond substituents is 1. The minimum absolute atomic E-state index is 0.450. The van der Waals surface area contributed by atoms with E-state index < -0.39 is 0 Å². The van der Waals surface area contributed by atoms with Crippen LogP contribution in [-0.4, -0.2) is 5.11 Å². The van der Waals surface area contributed by atoms with Crippen molar-refractivity contribution in [3.05, 3.63) is 28.8 Å². The summed E-state index contributed by atoms with van der Waals surface area (Å²) in [5, 5.41) is 9.72. The second-order valence-electron chi connectivity index (χ2n) is 4.18. The molecule has 0 spiro atoms. The molecule has 0 fully saturated rings. The quantitative estimate of drug-likeness (QED) is 0.737. The van der Waals surface area contributed by atoms with Crippen molar-refractivity contribution in [2.45, 2.75) is 34.1 Å². The third-order valence-electron chi connectivity index (χ3n) is 2.21. The summed E-state index contributed by atoms with van der Waals surface area (Å²) in [6.07, 6.45) is 0.956. The van der Waals surface area contributed by atoms with Gasteiger partial charge in [0.15, 0.2) is 0 Å². The van der Waals surface area contributed by atoms with Gasteiger partial charge < -0.3 is 5.11 Å². The van der Waals surface area contributed by atoms with E-state index in [9.17, 15) is 5.11 Å². The molecule has 0 saturated carbocycles. The molecule has 0 amide bonds. The topological polar surface area (TPSA) is 20.2 Å². The largest absolute Gasteiger partial charge is 0.508 e. The summed E-state index contributed by atoms with van der Waals surface area (Å²) < 4.78 is 0. The summed E-state index contributed by atoms with van der Waals surface area (Å²) in [6, 6.07) is 3.96. The monoisotopic (exact) mass is 178 g/mol. The molecule has 0 aliphatic carbocycles. The van der Waals surface area contributed by atoms with Gasteiger partial charge in [-0.1, -0.05) is 19.9 Å². The Labute approximate surface area is 80.4 Å². The lowest BCUT2D eigenvalue weighted by atomic mass is 9.96. The molecule has 0 aliphatic rings. The lowest BCUT2D eigenvalue weighted by molar-refractivity contribution is 0.461. The summed E-state index contributed by atoms with van der Waals surface area (Å²) in [4.78, 5) is 0. The molecule has 1 nitrogen and oxygen atoms in total. The second kappa shape index (κ2) is 3.82. The van der Waals surface area contributed by atoms with E-state index in [2.05, 4.69) is 26.8 Å². The molecule has 1 heteroatoms. The van der Waals surface area contributed by atoms with Crippen molar-refractivity contribution < 1.29 is 5.11 Å². The molecule has 0 aromatic heterocycles. The number of aromatic hydroxyl groups is 1. The van der Waals surface area contributed by atoms with Crippen molar-refractivity contribution in [3.8, 4) is 5.75 Å². The molecular weight excluding hydrogens is 160 g/mol. The van der Waals surface area contributed by atoms with Gasteiger partial charge in [0, 0.05) is 0 Å². The first-order valence-corrected chi connectivity index (χ1v) is 4.79. The maximum atomic E-state index is 9.72. The third kappa shape index (κ3) is 2.48.